The van der Waals surface area contributed by atoms with Gasteiger partial charge in [0.15, 0.2) is 4.80 Å². The molecule has 0 saturated carbocycles. The normalized spacial score (nSPS) is 14.9. The molecular weight excluding hydrogens is 556 g/mol. The number of methoxy groups -OCH3 is 1. The number of carbonyl (C=O) groups excluding carboxylic acids is 2. The molecule has 0 unspecified atom stereocenters. The molecule has 1 aliphatic heterocycles. The zero-order chi connectivity index (χ0) is 30.0. The molecular formula is C32H30N2O7S. The maximum atomic E-state index is 13.9. The van der Waals surface area contributed by atoms with E-state index >= 15 is 0 Å². The first-order valence-electron chi connectivity index (χ1n) is 13.4. The highest BCUT2D eigenvalue weighted by atomic mass is 32.1. The highest BCUT2D eigenvalue weighted by molar-refractivity contribution is 7.07. The number of allylic oxidation sites excluding steroid dienone is 1. The van der Waals surface area contributed by atoms with Crippen LogP contribution in [0.4, 0.5) is 0 Å². The number of ether oxygens (including phenoxy) is 3. The summed E-state index contributed by atoms with van der Waals surface area (Å²) in [5.74, 6) is 0.798. The maximum Gasteiger partial charge on any atom is 0.338 e. The lowest BCUT2D eigenvalue weighted by atomic mass is 9.96. The fraction of sp³-hybridized carbons (Fsp3) is 0.250. The monoisotopic (exact) mass is 586 g/mol. The highest BCUT2D eigenvalue weighted by Gasteiger charge is 2.33. The summed E-state index contributed by atoms with van der Waals surface area (Å²) in [7, 11) is 1.33. The number of nitrogens with zero attached hydrogens (tertiary/aromatic N) is 2. The third-order valence-corrected chi connectivity index (χ3v) is 7.56. The molecule has 9 nitrogen and oxygen atoms in total. The molecule has 0 aliphatic carbocycles. The summed E-state index contributed by atoms with van der Waals surface area (Å²) in [6, 6.07) is 17.0. The van der Waals surface area contributed by atoms with Crippen LogP contribution in [-0.4, -0.2) is 36.3 Å². The van der Waals surface area contributed by atoms with E-state index in [9.17, 15) is 14.4 Å². The molecule has 4 aromatic rings. The smallest absolute Gasteiger partial charge is 0.338 e. The second-order valence-electron chi connectivity index (χ2n) is 9.81. The Morgan fingerprint density at radius 3 is 2.40 bits per heavy atom. The number of aromatic nitrogens is 1. The summed E-state index contributed by atoms with van der Waals surface area (Å²) < 4.78 is 23.9. The average Bonchev–Trinajstić information content (AvgIpc) is 3.56. The van der Waals surface area contributed by atoms with Crippen molar-refractivity contribution in [2.24, 2.45) is 4.99 Å². The van der Waals surface area contributed by atoms with Crippen LogP contribution in [0.3, 0.4) is 0 Å². The molecule has 0 fully saturated rings. The van der Waals surface area contributed by atoms with Gasteiger partial charge in [0.2, 0.25) is 0 Å². The van der Waals surface area contributed by atoms with E-state index in [0.29, 0.717) is 50.0 Å². The molecule has 0 saturated heterocycles. The van der Waals surface area contributed by atoms with Crippen molar-refractivity contribution in [3.8, 4) is 17.1 Å². The van der Waals surface area contributed by atoms with Crippen molar-refractivity contribution in [1.82, 2.24) is 4.57 Å². The predicted molar refractivity (Wildman–Crippen MR) is 158 cm³/mol. The molecule has 2 aromatic carbocycles. The van der Waals surface area contributed by atoms with Crippen molar-refractivity contribution in [3.63, 3.8) is 0 Å². The van der Waals surface area contributed by atoms with Gasteiger partial charge in [-0.2, -0.15) is 0 Å². The van der Waals surface area contributed by atoms with Gasteiger partial charge in [-0.25, -0.2) is 14.6 Å². The lowest BCUT2D eigenvalue weighted by molar-refractivity contribution is -0.143. The zero-order valence-electron chi connectivity index (χ0n) is 23.9. The first-order valence-corrected chi connectivity index (χ1v) is 14.3. The molecule has 5 rings (SSSR count). The van der Waals surface area contributed by atoms with Crippen LogP contribution >= 0.6 is 11.3 Å². The number of rotatable bonds is 8. The van der Waals surface area contributed by atoms with Crippen molar-refractivity contribution in [2.45, 2.75) is 39.8 Å². The maximum absolute atomic E-state index is 13.9. The van der Waals surface area contributed by atoms with Gasteiger partial charge in [0.05, 0.1) is 47.2 Å². The van der Waals surface area contributed by atoms with E-state index in [1.54, 1.807) is 63.2 Å². The number of thiazole rings is 1. The van der Waals surface area contributed by atoms with Gasteiger partial charge in [-0.15, -0.1) is 0 Å². The lowest BCUT2D eigenvalue weighted by Gasteiger charge is -2.25. The first kappa shape index (κ1) is 28.8. The summed E-state index contributed by atoms with van der Waals surface area (Å²) in [6.07, 6.45) is 1.32. The lowest BCUT2D eigenvalue weighted by Crippen LogP contribution is -2.40. The Bertz CT molecular complexity index is 1840. The van der Waals surface area contributed by atoms with Crippen molar-refractivity contribution < 1.29 is 28.2 Å². The molecule has 0 amide bonds. The van der Waals surface area contributed by atoms with Crippen LogP contribution in [0.2, 0.25) is 0 Å². The van der Waals surface area contributed by atoms with E-state index in [-0.39, 0.29) is 11.7 Å². The van der Waals surface area contributed by atoms with Crippen LogP contribution in [0.25, 0.3) is 17.4 Å². The van der Waals surface area contributed by atoms with Crippen LogP contribution in [0.5, 0.6) is 5.75 Å². The molecule has 216 valence electrons. The Morgan fingerprint density at radius 1 is 1.05 bits per heavy atom. The Labute approximate surface area is 246 Å². The standard InChI is InChI=1S/C32H30N2O7S/c1-6-39-23-13-11-21(12-14-23)28-27(31(37)40-18(2)3)19(4)33-32-34(28)29(35)26(42-32)17-24-15-16-25(41-24)20-7-9-22(10-8-20)30(36)38-5/h7-18,28H,6H2,1-5H3/b26-17+/t28-/m1/s1. The molecule has 0 spiro atoms. The molecule has 0 radical (unpaired) electrons. The van der Waals surface area contributed by atoms with E-state index < -0.39 is 18.0 Å². The van der Waals surface area contributed by atoms with Crippen molar-refractivity contribution >= 4 is 29.4 Å². The molecule has 3 heterocycles. The molecule has 10 heteroatoms. The van der Waals surface area contributed by atoms with Crippen molar-refractivity contribution in [2.75, 3.05) is 13.7 Å². The van der Waals surface area contributed by atoms with Gasteiger partial charge in [-0.3, -0.25) is 9.36 Å². The van der Waals surface area contributed by atoms with Crippen LogP contribution in [0.15, 0.2) is 86.1 Å². The van der Waals surface area contributed by atoms with E-state index in [2.05, 4.69) is 4.99 Å². The van der Waals surface area contributed by atoms with Crippen LogP contribution in [0.1, 0.15) is 55.4 Å². The fourth-order valence-electron chi connectivity index (χ4n) is 4.69. The third kappa shape index (κ3) is 5.71. The van der Waals surface area contributed by atoms with E-state index in [1.807, 2.05) is 31.2 Å². The van der Waals surface area contributed by atoms with Gasteiger partial charge in [0, 0.05) is 11.6 Å². The Morgan fingerprint density at radius 2 is 1.76 bits per heavy atom. The zero-order valence-corrected chi connectivity index (χ0v) is 24.7. The van der Waals surface area contributed by atoms with Crippen molar-refractivity contribution in [1.29, 1.82) is 0 Å². The number of furan rings is 1. The summed E-state index contributed by atoms with van der Waals surface area (Å²) >= 11 is 1.22. The van der Waals surface area contributed by atoms with E-state index in [1.165, 1.54) is 23.0 Å². The Kier molecular flexibility index (Phi) is 8.26. The average molecular weight is 587 g/mol. The topological polar surface area (TPSA) is 109 Å². The van der Waals surface area contributed by atoms with Gasteiger partial charge in [-0.1, -0.05) is 35.6 Å². The molecule has 1 atom stereocenters. The van der Waals surface area contributed by atoms with Gasteiger partial charge >= 0.3 is 11.9 Å². The molecule has 42 heavy (non-hydrogen) atoms. The summed E-state index contributed by atoms with van der Waals surface area (Å²) in [5.41, 5.74) is 2.42. The molecule has 0 bridgehead atoms. The number of hydrogen-bond donors (Lipinski definition) is 0. The quantitative estimate of drug-likeness (QED) is 0.277. The van der Waals surface area contributed by atoms with Crippen LogP contribution in [0, 0.1) is 0 Å². The SMILES string of the molecule is CCOc1ccc([C@@H]2C(C(=O)OC(C)C)=C(C)N=c3s/c(=C/c4ccc(-c5ccc(C(=O)OC)cc5)o4)c(=O)n32)cc1. The number of carbonyl (C=O) groups is 2. The molecule has 0 N–H and O–H groups in total. The number of fused-ring (bicyclic) bond motifs is 1. The largest absolute Gasteiger partial charge is 0.494 e. The number of benzene rings is 2. The van der Waals surface area contributed by atoms with Gasteiger partial charge in [0.1, 0.15) is 17.3 Å². The minimum atomic E-state index is -0.731. The highest BCUT2D eigenvalue weighted by Crippen LogP contribution is 2.32. The minimum absolute atomic E-state index is 0.305. The van der Waals surface area contributed by atoms with Crippen LogP contribution < -0.4 is 19.6 Å². The third-order valence-electron chi connectivity index (χ3n) is 6.58. The van der Waals surface area contributed by atoms with Gasteiger partial charge in [0.25, 0.3) is 5.56 Å². The Balaban J connectivity index is 1.56. The Hall–Kier alpha value is -4.70. The molecule has 2 aromatic heterocycles. The van der Waals surface area contributed by atoms with Crippen LogP contribution in [-0.2, 0) is 14.3 Å². The van der Waals surface area contributed by atoms with E-state index in [4.69, 9.17) is 18.6 Å². The predicted octanol–water partition coefficient (Wildman–Crippen LogP) is 4.63. The summed E-state index contributed by atoms with van der Waals surface area (Å²) in [5, 5.41) is 0. The summed E-state index contributed by atoms with van der Waals surface area (Å²) in [6.45, 7) is 7.73. The molecule has 1 aliphatic rings. The number of hydrogen-bond acceptors (Lipinski definition) is 9. The van der Waals surface area contributed by atoms with Gasteiger partial charge in [-0.05, 0) is 69.7 Å². The second kappa shape index (κ2) is 12.0. The van der Waals surface area contributed by atoms with E-state index in [0.717, 1.165) is 11.1 Å². The summed E-state index contributed by atoms with van der Waals surface area (Å²) in [4.78, 5) is 44.0. The van der Waals surface area contributed by atoms with Crippen molar-refractivity contribution in [3.05, 3.63) is 109 Å². The second-order valence-corrected chi connectivity index (χ2v) is 10.8. The first-order chi connectivity index (χ1) is 20.2. The van der Waals surface area contributed by atoms with Gasteiger partial charge < -0.3 is 18.6 Å². The fourth-order valence-corrected chi connectivity index (χ4v) is 5.72. The minimum Gasteiger partial charge on any atom is -0.494 e. The number of esters is 2.